The van der Waals surface area contributed by atoms with E-state index in [1.807, 2.05) is 42.5 Å². The van der Waals surface area contributed by atoms with Crippen LogP contribution in [0, 0.1) is 0 Å². The van der Waals surface area contributed by atoms with Gasteiger partial charge in [0.1, 0.15) is 11.3 Å². The summed E-state index contributed by atoms with van der Waals surface area (Å²) < 4.78 is 27.0. The van der Waals surface area contributed by atoms with Gasteiger partial charge in [-0.25, -0.2) is 0 Å². The Balaban J connectivity index is 1.99. The molecule has 2 aromatic carbocycles. The molecule has 0 radical (unpaired) electrons. The fourth-order valence-electron chi connectivity index (χ4n) is 2.71. The van der Waals surface area contributed by atoms with Crippen LogP contribution in [-0.2, 0) is 0 Å². The zero-order valence-corrected chi connectivity index (χ0v) is 14.7. The van der Waals surface area contributed by atoms with Crippen LogP contribution in [0.15, 0.2) is 41.0 Å². The number of benzene rings is 2. The van der Waals surface area contributed by atoms with E-state index in [2.05, 4.69) is 0 Å². The zero-order chi connectivity index (χ0) is 17.8. The highest BCUT2D eigenvalue weighted by Crippen LogP contribution is 2.38. The highest BCUT2D eigenvalue weighted by Gasteiger charge is 2.12. The molecule has 3 aromatic rings. The molecule has 0 N–H and O–H groups in total. The average Bonchev–Trinajstić information content (AvgIpc) is 3.13. The number of fused-ring (bicyclic) bond motifs is 1. The Hall–Kier alpha value is -3.08. The second-order valence-electron chi connectivity index (χ2n) is 5.35. The van der Waals surface area contributed by atoms with Gasteiger partial charge >= 0.3 is 0 Å². The van der Waals surface area contributed by atoms with Crippen LogP contribution in [0.25, 0.3) is 23.1 Å². The van der Waals surface area contributed by atoms with Crippen LogP contribution in [0.5, 0.6) is 23.0 Å². The molecule has 0 fully saturated rings. The third kappa shape index (κ3) is 3.26. The first-order chi connectivity index (χ1) is 12.2. The molecule has 0 unspecified atom stereocenters. The van der Waals surface area contributed by atoms with Crippen molar-refractivity contribution in [2.75, 3.05) is 28.4 Å². The van der Waals surface area contributed by atoms with Crippen molar-refractivity contribution in [3.05, 3.63) is 47.7 Å². The molecule has 0 saturated heterocycles. The topological polar surface area (TPSA) is 50.1 Å². The fourth-order valence-corrected chi connectivity index (χ4v) is 2.71. The first-order valence-corrected chi connectivity index (χ1v) is 7.73. The summed E-state index contributed by atoms with van der Waals surface area (Å²) >= 11 is 0. The van der Waals surface area contributed by atoms with Gasteiger partial charge in [0.2, 0.25) is 5.75 Å². The SMILES string of the molecule is COc1cc(/C=C\c2cc(OC)c3ccoc3c2)cc(OC)c1OC. The van der Waals surface area contributed by atoms with Crippen LogP contribution in [0.1, 0.15) is 11.1 Å². The first kappa shape index (κ1) is 16.8. The predicted octanol–water partition coefficient (Wildman–Crippen LogP) is 4.64. The molecular formula is C20H20O5. The number of methoxy groups -OCH3 is 4. The summed E-state index contributed by atoms with van der Waals surface area (Å²) in [5.41, 5.74) is 2.67. The van der Waals surface area contributed by atoms with Crippen molar-refractivity contribution in [3.8, 4) is 23.0 Å². The molecule has 1 heterocycles. The molecule has 130 valence electrons. The number of ether oxygens (including phenoxy) is 4. The Bertz CT molecular complexity index is 883. The number of furan rings is 1. The van der Waals surface area contributed by atoms with Gasteiger partial charge in [-0.3, -0.25) is 0 Å². The van der Waals surface area contributed by atoms with Gasteiger partial charge in [0.15, 0.2) is 11.5 Å². The number of hydrogen-bond acceptors (Lipinski definition) is 5. The van der Waals surface area contributed by atoms with Gasteiger partial charge in [0.05, 0.1) is 40.1 Å². The zero-order valence-electron chi connectivity index (χ0n) is 14.7. The maximum absolute atomic E-state index is 5.49. The van der Waals surface area contributed by atoms with Gasteiger partial charge < -0.3 is 23.4 Å². The molecule has 0 aliphatic heterocycles. The average molecular weight is 340 g/mol. The van der Waals surface area contributed by atoms with Crippen molar-refractivity contribution in [2.45, 2.75) is 0 Å². The fraction of sp³-hybridized carbons (Fsp3) is 0.200. The van der Waals surface area contributed by atoms with Crippen molar-refractivity contribution in [1.29, 1.82) is 0 Å². The van der Waals surface area contributed by atoms with E-state index in [9.17, 15) is 0 Å². The highest BCUT2D eigenvalue weighted by molar-refractivity contribution is 5.87. The van der Waals surface area contributed by atoms with Crippen LogP contribution in [0.2, 0.25) is 0 Å². The molecule has 3 rings (SSSR count). The van der Waals surface area contributed by atoms with Crippen molar-refractivity contribution < 1.29 is 23.4 Å². The van der Waals surface area contributed by atoms with Gasteiger partial charge in [-0.15, -0.1) is 0 Å². The summed E-state index contributed by atoms with van der Waals surface area (Å²) in [6, 6.07) is 9.60. The van der Waals surface area contributed by atoms with Crippen molar-refractivity contribution in [2.24, 2.45) is 0 Å². The smallest absolute Gasteiger partial charge is 0.203 e. The largest absolute Gasteiger partial charge is 0.496 e. The minimum absolute atomic E-state index is 0.570. The second kappa shape index (κ2) is 7.21. The lowest BCUT2D eigenvalue weighted by Gasteiger charge is -2.12. The van der Waals surface area contributed by atoms with E-state index in [-0.39, 0.29) is 0 Å². The maximum atomic E-state index is 5.49. The lowest BCUT2D eigenvalue weighted by molar-refractivity contribution is 0.324. The van der Waals surface area contributed by atoms with Crippen molar-refractivity contribution in [1.82, 2.24) is 0 Å². The minimum atomic E-state index is 0.570. The molecule has 0 spiro atoms. The Labute approximate surface area is 146 Å². The summed E-state index contributed by atoms with van der Waals surface area (Å²) in [5.74, 6) is 2.57. The Morgan fingerprint density at radius 3 is 1.84 bits per heavy atom. The van der Waals surface area contributed by atoms with Gasteiger partial charge in [-0.05, 0) is 41.5 Å². The lowest BCUT2D eigenvalue weighted by atomic mass is 10.1. The van der Waals surface area contributed by atoms with Crippen LogP contribution >= 0.6 is 0 Å². The van der Waals surface area contributed by atoms with Crippen LogP contribution in [0.3, 0.4) is 0 Å². The van der Waals surface area contributed by atoms with Gasteiger partial charge in [0, 0.05) is 0 Å². The molecule has 25 heavy (non-hydrogen) atoms. The molecule has 0 aliphatic rings. The highest BCUT2D eigenvalue weighted by atomic mass is 16.5. The van der Waals surface area contributed by atoms with Gasteiger partial charge in [0.25, 0.3) is 0 Å². The van der Waals surface area contributed by atoms with Crippen LogP contribution in [0.4, 0.5) is 0 Å². The van der Waals surface area contributed by atoms with E-state index in [0.29, 0.717) is 17.2 Å². The quantitative estimate of drug-likeness (QED) is 0.612. The summed E-state index contributed by atoms with van der Waals surface area (Å²) in [5, 5.41) is 0.951. The molecule has 0 bridgehead atoms. The molecule has 0 amide bonds. The lowest BCUT2D eigenvalue weighted by Crippen LogP contribution is -1.95. The summed E-state index contributed by atoms with van der Waals surface area (Å²) in [4.78, 5) is 0. The molecule has 5 nitrogen and oxygen atoms in total. The Morgan fingerprint density at radius 2 is 1.28 bits per heavy atom. The normalized spacial score (nSPS) is 11.0. The molecule has 0 atom stereocenters. The molecule has 1 aromatic heterocycles. The standard InChI is InChI=1S/C20H20O5/c1-21-16-9-13(10-17-15(16)7-8-25-17)5-6-14-11-18(22-2)20(24-4)19(12-14)23-3/h5-12H,1-4H3/b6-5-. The first-order valence-electron chi connectivity index (χ1n) is 7.73. The third-order valence-electron chi connectivity index (χ3n) is 3.93. The summed E-state index contributed by atoms with van der Waals surface area (Å²) in [6.07, 6.45) is 5.60. The number of hydrogen-bond donors (Lipinski definition) is 0. The van der Waals surface area contributed by atoms with E-state index in [1.165, 1.54) is 0 Å². The van der Waals surface area contributed by atoms with E-state index in [4.69, 9.17) is 23.4 Å². The summed E-state index contributed by atoms with van der Waals surface area (Å²) in [7, 11) is 6.43. The molecule has 5 heteroatoms. The Morgan fingerprint density at radius 1 is 0.720 bits per heavy atom. The monoisotopic (exact) mass is 340 g/mol. The minimum Gasteiger partial charge on any atom is -0.496 e. The van der Waals surface area contributed by atoms with Gasteiger partial charge in [-0.1, -0.05) is 12.2 Å². The molecular weight excluding hydrogens is 320 g/mol. The van der Waals surface area contributed by atoms with Gasteiger partial charge in [-0.2, -0.15) is 0 Å². The van der Waals surface area contributed by atoms with E-state index in [1.54, 1.807) is 34.7 Å². The second-order valence-corrected chi connectivity index (χ2v) is 5.35. The molecule has 0 aliphatic carbocycles. The van der Waals surface area contributed by atoms with E-state index < -0.39 is 0 Å². The maximum Gasteiger partial charge on any atom is 0.203 e. The third-order valence-corrected chi connectivity index (χ3v) is 3.93. The summed E-state index contributed by atoms with van der Waals surface area (Å²) in [6.45, 7) is 0. The van der Waals surface area contributed by atoms with Crippen LogP contribution in [-0.4, -0.2) is 28.4 Å². The van der Waals surface area contributed by atoms with Crippen molar-refractivity contribution in [3.63, 3.8) is 0 Å². The Kier molecular flexibility index (Phi) is 4.84. The van der Waals surface area contributed by atoms with E-state index >= 15 is 0 Å². The van der Waals surface area contributed by atoms with Crippen LogP contribution < -0.4 is 18.9 Å². The number of rotatable bonds is 6. The predicted molar refractivity (Wildman–Crippen MR) is 97.8 cm³/mol. The molecule has 0 saturated carbocycles. The van der Waals surface area contributed by atoms with Crippen molar-refractivity contribution >= 4 is 23.1 Å². The van der Waals surface area contributed by atoms with E-state index in [0.717, 1.165) is 27.8 Å².